The second-order valence-electron chi connectivity index (χ2n) is 6.80. The zero-order chi connectivity index (χ0) is 25.7. The van der Waals surface area contributed by atoms with Gasteiger partial charge in [-0.25, -0.2) is 23.1 Å². The molecule has 0 spiro atoms. The van der Waals surface area contributed by atoms with Gasteiger partial charge in [-0.05, 0) is 46.3 Å². The van der Waals surface area contributed by atoms with Crippen molar-refractivity contribution in [1.82, 2.24) is 9.97 Å². The summed E-state index contributed by atoms with van der Waals surface area (Å²) in [4.78, 5) is 7.52. The largest absolute Gasteiger partial charge is 0.496 e. The normalized spacial score (nSPS) is 11.7. The maximum absolute atomic E-state index is 13.9. The molecule has 35 heavy (non-hydrogen) atoms. The van der Waals surface area contributed by atoms with E-state index in [0.717, 1.165) is 18.5 Å². The van der Waals surface area contributed by atoms with E-state index in [4.69, 9.17) is 16.3 Å². The molecule has 0 aliphatic carbocycles. The predicted octanol–water partition coefficient (Wildman–Crippen LogP) is 6.18. The smallest absolute Gasteiger partial charge is 0.339 e. The van der Waals surface area contributed by atoms with Crippen LogP contribution < -0.4 is 8.92 Å². The van der Waals surface area contributed by atoms with Gasteiger partial charge in [0.05, 0.1) is 23.3 Å². The van der Waals surface area contributed by atoms with E-state index in [9.17, 15) is 30.4 Å². The van der Waals surface area contributed by atoms with Crippen LogP contribution in [0.25, 0.3) is 22.2 Å². The number of nitrogens with zero attached hydrogens (tertiary/aromatic N) is 2. The third-order valence-corrected chi connectivity index (χ3v) is 7.17. The first kappa shape index (κ1) is 25.1. The number of hydrogen-bond acceptors (Lipinski definition) is 6. The molecule has 0 N–H and O–H groups in total. The average Bonchev–Trinajstić information content (AvgIpc) is 2.84. The average molecular weight is 596 g/mol. The number of benzene rings is 3. The van der Waals surface area contributed by atoms with Gasteiger partial charge in [0, 0.05) is 15.4 Å². The maximum atomic E-state index is 13.9. The van der Waals surface area contributed by atoms with E-state index in [0.29, 0.717) is 31.9 Å². The van der Waals surface area contributed by atoms with E-state index in [1.165, 1.54) is 13.2 Å². The third-order valence-electron chi connectivity index (χ3n) is 4.76. The summed E-state index contributed by atoms with van der Waals surface area (Å²) in [6, 6.07) is 6.40. The molecular formula is C21H9BrClF5N2O4S. The summed E-state index contributed by atoms with van der Waals surface area (Å²) in [5.41, 5.74) is 0.811. The van der Waals surface area contributed by atoms with Gasteiger partial charge in [-0.2, -0.15) is 17.2 Å². The molecule has 14 heteroatoms. The van der Waals surface area contributed by atoms with Gasteiger partial charge in [0.15, 0.2) is 0 Å². The Morgan fingerprint density at radius 2 is 1.54 bits per heavy atom. The Bertz CT molecular complexity index is 1590. The van der Waals surface area contributed by atoms with Gasteiger partial charge in [-0.3, -0.25) is 0 Å². The van der Waals surface area contributed by atoms with Crippen LogP contribution in [0, 0.1) is 29.1 Å². The lowest BCUT2D eigenvalue weighted by Gasteiger charge is -2.13. The fourth-order valence-corrected chi connectivity index (χ4v) is 4.54. The van der Waals surface area contributed by atoms with Gasteiger partial charge in [-0.15, -0.1) is 0 Å². The van der Waals surface area contributed by atoms with Gasteiger partial charge in [0.25, 0.3) is 0 Å². The summed E-state index contributed by atoms with van der Waals surface area (Å²) in [6.07, 6.45) is 1.12. The van der Waals surface area contributed by atoms with E-state index in [-0.39, 0.29) is 5.52 Å². The molecule has 0 fully saturated rings. The molecule has 0 amide bonds. The van der Waals surface area contributed by atoms with Gasteiger partial charge in [0.2, 0.25) is 34.8 Å². The lowest BCUT2D eigenvalue weighted by atomic mass is 10.1. The van der Waals surface area contributed by atoms with Crippen LogP contribution in [0.4, 0.5) is 22.0 Å². The van der Waals surface area contributed by atoms with Crippen LogP contribution in [0.3, 0.4) is 0 Å². The Hall–Kier alpha value is -3.03. The first-order chi connectivity index (χ1) is 16.5. The minimum atomic E-state index is -5.05. The summed E-state index contributed by atoms with van der Waals surface area (Å²) in [7, 11) is -3.63. The Balaban J connectivity index is 1.82. The van der Waals surface area contributed by atoms with Crippen LogP contribution >= 0.6 is 27.5 Å². The lowest BCUT2D eigenvalue weighted by Crippen LogP contribution is -2.14. The molecule has 1 heterocycles. The SMILES string of the molecule is COc1cc(Br)c(Cl)cc1-c1ncnc2cc(S(=O)(=O)Oc3c(F)c(F)c(F)c(F)c3F)ccc12. The monoisotopic (exact) mass is 594 g/mol. The van der Waals surface area contributed by atoms with Crippen LogP contribution in [-0.4, -0.2) is 25.5 Å². The fraction of sp³-hybridized carbons (Fsp3) is 0.0476. The Morgan fingerprint density at radius 3 is 2.17 bits per heavy atom. The number of hydrogen-bond donors (Lipinski definition) is 0. The van der Waals surface area contributed by atoms with Gasteiger partial charge in [-0.1, -0.05) is 11.6 Å². The van der Waals surface area contributed by atoms with E-state index < -0.39 is 49.8 Å². The molecular weight excluding hydrogens is 587 g/mol. The number of aromatic nitrogens is 2. The number of ether oxygens (including phenoxy) is 1. The van der Waals surface area contributed by atoms with Crippen molar-refractivity contribution in [2.75, 3.05) is 7.11 Å². The topological polar surface area (TPSA) is 78.4 Å². The molecule has 0 radical (unpaired) electrons. The number of fused-ring (bicyclic) bond motifs is 1. The van der Waals surface area contributed by atoms with Gasteiger partial charge < -0.3 is 8.92 Å². The summed E-state index contributed by atoms with van der Waals surface area (Å²) in [5.74, 6) is -13.6. The van der Waals surface area contributed by atoms with Crippen LogP contribution in [0.15, 0.2) is 46.0 Å². The molecule has 0 saturated heterocycles. The summed E-state index contributed by atoms with van der Waals surface area (Å²) < 4.78 is 103. The molecule has 1 aromatic heterocycles. The molecule has 0 saturated carbocycles. The minimum Gasteiger partial charge on any atom is -0.496 e. The number of methoxy groups -OCH3 is 1. The second-order valence-corrected chi connectivity index (χ2v) is 9.61. The number of rotatable bonds is 5. The van der Waals surface area contributed by atoms with Crippen molar-refractivity contribution < 1.29 is 39.3 Å². The molecule has 0 unspecified atom stereocenters. The molecule has 0 aliphatic heterocycles. The zero-order valence-corrected chi connectivity index (χ0v) is 20.2. The lowest BCUT2D eigenvalue weighted by molar-refractivity contribution is 0.346. The van der Waals surface area contributed by atoms with Crippen molar-refractivity contribution >= 4 is 48.6 Å². The molecule has 0 aliphatic rings. The van der Waals surface area contributed by atoms with Crippen molar-refractivity contribution in [3.05, 3.63) is 75.2 Å². The summed E-state index contributed by atoms with van der Waals surface area (Å²) in [6.45, 7) is 0. The molecule has 4 aromatic rings. The maximum Gasteiger partial charge on any atom is 0.339 e. The molecule has 4 rings (SSSR count). The van der Waals surface area contributed by atoms with E-state index >= 15 is 0 Å². The van der Waals surface area contributed by atoms with Crippen molar-refractivity contribution in [3.8, 4) is 22.8 Å². The highest BCUT2D eigenvalue weighted by Crippen LogP contribution is 2.39. The van der Waals surface area contributed by atoms with E-state index in [1.807, 2.05) is 0 Å². The molecule has 3 aromatic carbocycles. The molecule has 6 nitrogen and oxygen atoms in total. The summed E-state index contributed by atoms with van der Waals surface area (Å²) >= 11 is 9.46. The number of halogens is 7. The van der Waals surface area contributed by atoms with Crippen LogP contribution in [0.2, 0.25) is 5.02 Å². The molecule has 0 atom stereocenters. The zero-order valence-electron chi connectivity index (χ0n) is 17.0. The highest BCUT2D eigenvalue weighted by Gasteiger charge is 2.31. The fourth-order valence-electron chi connectivity index (χ4n) is 3.11. The quantitative estimate of drug-likeness (QED) is 0.119. The first-order valence-electron chi connectivity index (χ1n) is 9.20. The highest BCUT2D eigenvalue weighted by molar-refractivity contribution is 9.10. The first-order valence-corrected chi connectivity index (χ1v) is 11.8. The highest BCUT2D eigenvalue weighted by atomic mass is 79.9. The Kier molecular flexibility index (Phi) is 6.60. The van der Waals surface area contributed by atoms with Crippen molar-refractivity contribution in [2.24, 2.45) is 0 Å². The predicted molar refractivity (Wildman–Crippen MR) is 118 cm³/mol. The third kappa shape index (κ3) is 4.39. The second kappa shape index (κ2) is 9.21. The molecule has 182 valence electrons. The Morgan fingerprint density at radius 1 is 0.914 bits per heavy atom. The van der Waals surface area contributed by atoms with Crippen LogP contribution in [0.1, 0.15) is 0 Å². The minimum absolute atomic E-state index is 0.0539. The Labute approximate surface area is 207 Å². The summed E-state index contributed by atoms with van der Waals surface area (Å²) in [5, 5.41) is 0.669. The molecule has 0 bridgehead atoms. The van der Waals surface area contributed by atoms with Gasteiger partial charge >= 0.3 is 10.1 Å². The van der Waals surface area contributed by atoms with Gasteiger partial charge in [0.1, 0.15) is 17.0 Å². The standard InChI is InChI=1S/C21H9BrClF5N2O4S/c1-33-14-6-11(22)12(23)5-10(14)20-9-3-2-8(4-13(9)29-7-30-20)35(31,32)34-21-18(27)16(25)15(24)17(26)19(21)28/h2-7H,1H3. The van der Waals surface area contributed by atoms with Crippen molar-refractivity contribution in [3.63, 3.8) is 0 Å². The van der Waals surface area contributed by atoms with Crippen LogP contribution in [-0.2, 0) is 10.1 Å². The van der Waals surface area contributed by atoms with Crippen LogP contribution in [0.5, 0.6) is 11.5 Å². The van der Waals surface area contributed by atoms with E-state index in [2.05, 4.69) is 30.1 Å². The van der Waals surface area contributed by atoms with Crippen molar-refractivity contribution in [2.45, 2.75) is 4.90 Å². The van der Waals surface area contributed by atoms with E-state index in [1.54, 1.807) is 12.1 Å². The van der Waals surface area contributed by atoms with Crippen molar-refractivity contribution in [1.29, 1.82) is 0 Å².